The van der Waals surface area contributed by atoms with Gasteiger partial charge in [-0.3, -0.25) is 25.7 Å². The van der Waals surface area contributed by atoms with Crippen molar-refractivity contribution < 1.29 is 9.85 Å². The van der Waals surface area contributed by atoms with Crippen molar-refractivity contribution in [2.45, 2.75) is 6.54 Å². The summed E-state index contributed by atoms with van der Waals surface area (Å²) in [6.45, 7) is 0.519. The first kappa shape index (κ1) is 19.7. The number of non-ortho nitro benzene ring substituents is 1. The number of nitro benzene ring substituents is 1. The number of benzene rings is 2. The van der Waals surface area contributed by atoms with Gasteiger partial charge in [0.25, 0.3) is 5.69 Å². The van der Waals surface area contributed by atoms with Crippen molar-refractivity contribution in [3.63, 3.8) is 0 Å². The van der Waals surface area contributed by atoms with Gasteiger partial charge in [-0.1, -0.05) is 30.3 Å². The highest BCUT2D eigenvalue weighted by Crippen LogP contribution is 2.23. The van der Waals surface area contributed by atoms with Crippen molar-refractivity contribution in [2.75, 3.05) is 5.43 Å². The van der Waals surface area contributed by atoms with E-state index in [0.717, 1.165) is 22.0 Å². The molecule has 1 N–H and O–H groups in total. The molecule has 2 aromatic carbocycles. The van der Waals surface area contributed by atoms with Crippen LogP contribution >= 0.6 is 0 Å². The number of nitrogens with one attached hydrogen (secondary N) is 1. The quantitative estimate of drug-likeness (QED) is 0.271. The van der Waals surface area contributed by atoms with E-state index in [0.29, 0.717) is 6.54 Å². The average Bonchev–Trinajstić information content (AvgIpc) is 3.12. The molecule has 10 nitrogen and oxygen atoms in total. The third kappa shape index (κ3) is 4.22. The molecule has 10 heteroatoms. The zero-order valence-corrected chi connectivity index (χ0v) is 16.1. The summed E-state index contributed by atoms with van der Waals surface area (Å²) in [6, 6.07) is 17.0. The highest BCUT2D eigenvalue weighted by atomic mass is 16.6. The molecule has 0 aliphatic carbocycles. The fourth-order valence-electron chi connectivity index (χ4n) is 3.22. The van der Waals surface area contributed by atoms with Crippen molar-refractivity contribution in [3.05, 3.63) is 104 Å². The molecule has 0 aliphatic heterocycles. The van der Waals surface area contributed by atoms with Crippen LogP contribution in [-0.4, -0.2) is 25.6 Å². The Morgan fingerprint density at radius 2 is 1.77 bits per heavy atom. The molecule has 2 heterocycles. The topological polar surface area (TPSA) is 128 Å². The highest BCUT2D eigenvalue weighted by molar-refractivity contribution is 5.99. The second-order valence-electron chi connectivity index (χ2n) is 6.65. The van der Waals surface area contributed by atoms with Gasteiger partial charge in [-0.2, -0.15) is 5.10 Å². The van der Waals surface area contributed by atoms with Gasteiger partial charge in [0.2, 0.25) is 5.82 Å². The number of hydrazone groups is 1. The molecule has 0 radical (unpaired) electrons. The van der Waals surface area contributed by atoms with Gasteiger partial charge in [0.05, 0.1) is 16.1 Å². The molecule has 0 spiro atoms. The van der Waals surface area contributed by atoms with Gasteiger partial charge >= 0.3 is 5.69 Å². The van der Waals surface area contributed by atoms with Crippen molar-refractivity contribution in [1.29, 1.82) is 0 Å². The Labute approximate surface area is 175 Å². The van der Waals surface area contributed by atoms with Crippen LogP contribution in [0, 0.1) is 20.2 Å². The van der Waals surface area contributed by atoms with Crippen LogP contribution in [-0.2, 0) is 6.54 Å². The fraction of sp³-hybridized carbons (Fsp3) is 0.0476. The van der Waals surface area contributed by atoms with Crippen molar-refractivity contribution in [2.24, 2.45) is 5.10 Å². The van der Waals surface area contributed by atoms with E-state index in [4.69, 9.17) is 0 Å². The minimum Gasteiger partial charge on any atom is -0.342 e. The second kappa shape index (κ2) is 8.41. The van der Waals surface area contributed by atoms with Gasteiger partial charge < -0.3 is 4.57 Å². The van der Waals surface area contributed by atoms with Crippen LogP contribution in [0.15, 0.2) is 78.2 Å². The summed E-state index contributed by atoms with van der Waals surface area (Å²) >= 11 is 0. The zero-order chi connectivity index (χ0) is 21.8. The third-order valence-electron chi connectivity index (χ3n) is 4.68. The number of nitrogens with zero attached hydrogens (tertiary/aromatic N) is 5. The van der Waals surface area contributed by atoms with Gasteiger partial charge in [0.1, 0.15) is 0 Å². The summed E-state index contributed by atoms with van der Waals surface area (Å²) < 4.78 is 2.01. The second-order valence-corrected chi connectivity index (χ2v) is 6.65. The predicted molar refractivity (Wildman–Crippen MR) is 116 cm³/mol. The molecule has 31 heavy (non-hydrogen) atoms. The number of pyridine rings is 1. The van der Waals surface area contributed by atoms with Gasteiger partial charge in [-0.05, 0) is 17.7 Å². The molecule has 0 saturated heterocycles. The van der Waals surface area contributed by atoms with Gasteiger partial charge in [-0.15, -0.1) is 0 Å². The van der Waals surface area contributed by atoms with E-state index in [1.165, 1.54) is 30.5 Å². The Hall–Kier alpha value is -4.60. The molecule has 4 rings (SSSR count). The largest absolute Gasteiger partial charge is 0.342 e. The summed E-state index contributed by atoms with van der Waals surface area (Å²) in [5, 5.41) is 27.0. The normalized spacial score (nSPS) is 11.1. The lowest BCUT2D eigenvalue weighted by molar-refractivity contribution is -0.384. The van der Waals surface area contributed by atoms with Crippen molar-refractivity contribution in [3.8, 4) is 0 Å². The minimum absolute atomic E-state index is 0.0450. The fourth-order valence-corrected chi connectivity index (χ4v) is 3.22. The molecule has 0 atom stereocenters. The number of rotatable bonds is 7. The molecule has 0 unspecified atom stereocenters. The summed E-state index contributed by atoms with van der Waals surface area (Å²) in [5.41, 5.74) is 5.19. The van der Waals surface area contributed by atoms with E-state index in [1.54, 1.807) is 18.3 Å². The van der Waals surface area contributed by atoms with E-state index in [-0.39, 0.29) is 17.2 Å². The molecular weight excluding hydrogens is 400 g/mol. The molecule has 0 fully saturated rings. The predicted octanol–water partition coefficient (Wildman–Crippen LogP) is 4.35. The Kier molecular flexibility index (Phi) is 5.35. The summed E-state index contributed by atoms with van der Waals surface area (Å²) in [7, 11) is 0. The van der Waals surface area contributed by atoms with Gasteiger partial charge in [-0.25, -0.2) is 4.98 Å². The Balaban J connectivity index is 1.60. The molecule has 0 aliphatic rings. The first-order valence-electron chi connectivity index (χ1n) is 9.22. The monoisotopic (exact) mass is 416 g/mol. The Bertz CT molecular complexity index is 1300. The molecule has 0 amide bonds. The lowest BCUT2D eigenvalue weighted by Gasteiger charge is -2.05. The third-order valence-corrected chi connectivity index (χ3v) is 4.68. The van der Waals surface area contributed by atoms with Crippen LogP contribution < -0.4 is 5.43 Å². The number of anilines is 1. The van der Waals surface area contributed by atoms with E-state index in [9.17, 15) is 20.2 Å². The lowest BCUT2D eigenvalue weighted by atomic mass is 10.2. The number of nitro groups is 2. The Morgan fingerprint density at radius 3 is 2.52 bits per heavy atom. The van der Waals surface area contributed by atoms with Crippen LogP contribution in [0.3, 0.4) is 0 Å². The molecule has 2 aromatic heterocycles. The maximum atomic E-state index is 11.1. The van der Waals surface area contributed by atoms with Crippen molar-refractivity contribution >= 4 is 34.3 Å². The smallest absolute Gasteiger partial charge is 0.313 e. The molecule has 4 aromatic rings. The summed E-state index contributed by atoms with van der Waals surface area (Å²) in [5.74, 6) is 0.0540. The number of aromatic nitrogens is 2. The summed E-state index contributed by atoms with van der Waals surface area (Å²) in [4.78, 5) is 24.9. The maximum Gasteiger partial charge on any atom is 0.313 e. The first-order valence-corrected chi connectivity index (χ1v) is 9.22. The average molecular weight is 416 g/mol. The number of para-hydroxylation sites is 1. The van der Waals surface area contributed by atoms with Crippen LogP contribution in [0.25, 0.3) is 10.9 Å². The lowest BCUT2D eigenvalue weighted by Crippen LogP contribution is -1.99. The standard InChI is InChI=1S/C21H16N6O4/c28-26(29)17-9-7-15(8-10-17)13-25-14-16(18-4-1-2-5-19(18)25)12-23-24-21-20(27(30)31)6-3-11-22-21/h1-12,14H,13H2,(H,22,24)/b23-12-. The van der Waals surface area contributed by atoms with Gasteiger partial charge in [0, 0.05) is 53.6 Å². The zero-order valence-electron chi connectivity index (χ0n) is 16.1. The van der Waals surface area contributed by atoms with E-state index in [1.807, 2.05) is 35.0 Å². The maximum absolute atomic E-state index is 11.1. The van der Waals surface area contributed by atoms with Crippen LogP contribution in [0.2, 0.25) is 0 Å². The molecule has 0 saturated carbocycles. The van der Waals surface area contributed by atoms with Gasteiger partial charge in [0.15, 0.2) is 0 Å². The van der Waals surface area contributed by atoms with Crippen LogP contribution in [0.1, 0.15) is 11.1 Å². The van der Waals surface area contributed by atoms with Crippen molar-refractivity contribution in [1.82, 2.24) is 9.55 Å². The molecule has 154 valence electrons. The molecular formula is C21H16N6O4. The Morgan fingerprint density at radius 1 is 1.00 bits per heavy atom. The minimum atomic E-state index is -0.527. The van der Waals surface area contributed by atoms with Crippen LogP contribution in [0.4, 0.5) is 17.2 Å². The number of fused-ring (bicyclic) bond motifs is 1. The number of hydrogen-bond acceptors (Lipinski definition) is 7. The van der Waals surface area contributed by atoms with Crippen LogP contribution in [0.5, 0.6) is 0 Å². The molecule has 0 bridgehead atoms. The summed E-state index contributed by atoms with van der Waals surface area (Å²) in [6.07, 6.45) is 4.93. The highest BCUT2D eigenvalue weighted by Gasteiger charge is 2.13. The van der Waals surface area contributed by atoms with E-state index >= 15 is 0 Å². The van der Waals surface area contributed by atoms with E-state index < -0.39 is 9.85 Å². The first-order chi connectivity index (χ1) is 15.0. The SMILES string of the molecule is O=[N+]([O-])c1ccc(Cn2cc(/C=N\Nc3ncccc3[N+](=O)[O-])c3ccccc32)cc1. The number of hydrogen-bond donors (Lipinski definition) is 1. The van der Waals surface area contributed by atoms with E-state index in [2.05, 4.69) is 15.5 Å².